The first-order chi connectivity index (χ1) is 8.44. The monoisotopic (exact) mass is 274 g/mol. The number of ketones is 1. The summed E-state index contributed by atoms with van der Waals surface area (Å²) in [4.78, 5) is 12.0. The Bertz CT molecular complexity index is 430. The molecule has 0 radical (unpaired) electrons. The number of halogens is 3. The second kappa shape index (κ2) is 4.96. The smallest absolute Gasteiger partial charge is 0.299 e. The highest BCUT2D eigenvalue weighted by Crippen LogP contribution is 2.44. The first kappa shape index (κ1) is 13.5. The number of benzene rings is 1. The van der Waals surface area contributed by atoms with Gasteiger partial charge in [0, 0.05) is 12.2 Å². The zero-order valence-corrected chi connectivity index (χ0v) is 10.5. The quantitative estimate of drug-likeness (QED) is 0.830. The summed E-state index contributed by atoms with van der Waals surface area (Å²) in [5, 5.41) is 0. The minimum atomic E-state index is -4.29. The van der Waals surface area contributed by atoms with Crippen LogP contribution >= 0.6 is 11.8 Å². The van der Waals surface area contributed by atoms with Crippen molar-refractivity contribution in [2.24, 2.45) is 0 Å². The average molecular weight is 274 g/mol. The lowest BCUT2D eigenvalue weighted by Gasteiger charge is -2.28. The number of carbonyl (C=O) groups excluding carboxylic acids is 1. The summed E-state index contributed by atoms with van der Waals surface area (Å²) in [7, 11) is 0. The first-order valence-corrected chi connectivity index (χ1v) is 6.72. The van der Waals surface area contributed by atoms with Crippen LogP contribution in [0.3, 0.4) is 0 Å². The molecule has 98 valence electrons. The van der Waals surface area contributed by atoms with Gasteiger partial charge in [0.05, 0.1) is 5.41 Å². The van der Waals surface area contributed by atoms with E-state index in [1.807, 2.05) is 0 Å². The van der Waals surface area contributed by atoms with Crippen molar-refractivity contribution in [3.63, 3.8) is 0 Å². The van der Waals surface area contributed by atoms with Crippen molar-refractivity contribution in [2.75, 3.05) is 5.75 Å². The molecule has 0 heterocycles. The Morgan fingerprint density at radius 3 is 2.39 bits per heavy atom. The standard InChI is InChI=1S/C13H13F3OS/c14-13(15,16)18-9-12(8-4-7-11(12)17)10-5-2-1-3-6-10/h1-3,5-6H,4,7-9H2. The van der Waals surface area contributed by atoms with Gasteiger partial charge in [-0.05, 0) is 30.2 Å². The van der Waals surface area contributed by atoms with Crippen molar-refractivity contribution in [1.29, 1.82) is 0 Å². The largest absolute Gasteiger partial charge is 0.441 e. The van der Waals surface area contributed by atoms with Crippen LogP contribution in [-0.2, 0) is 10.2 Å². The molecular formula is C13H13F3OS. The maximum atomic E-state index is 12.4. The van der Waals surface area contributed by atoms with Gasteiger partial charge >= 0.3 is 5.51 Å². The van der Waals surface area contributed by atoms with E-state index in [-0.39, 0.29) is 23.3 Å². The Balaban J connectivity index is 2.28. The molecule has 1 aliphatic rings. The van der Waals surface area contributed by atoms with E-state index in [4.69, 9.17) is 0 Å². The third-order valence-electron chi connectivity index (χ3n) is 3.35. The number of carbonyl (C=O) groups is 1. The van der Waals surface area contributed by atoms with E-state index in [1.165, 1.54) is 0 Å². The lowest BCUT2D eigenvalue weighted by atomic mass is 9.80. The van der Waals surface area contributed by atoms with Crippen LogP contribution in [0.1, 0.15) is 24.8 Å². The van der Waals surface area contributed by atoms with E-state index in [1.54, 1.807) is 30.3 Å². The van der Waals surface area contributed by atoms with Gasteiger partial charge in [-0.15, -0.1) is 0 Å². The van der Waals surface area contributed by atoms with Crippen LogP contribution in [0, 0.1) is 0 Å². The molecule has 0 spiro atoms. The zero-order valence-electron chi connectivity index (χ0n) is 9.67. The second-order valence-electron chi connectivity index (χ2n) is 4.46. The Labute approximate surface area is 108 Å². The molecule has 0 N–H and O–H groups in total. The van der Waals surface area contributed by atoms with Crippen LogP contribution in [0.4, 0.5) is 13.2 Å². The molecule has 18 heavy (non-hydrogen) atoms. The summed E-state index contributed by atoms with van der Waals surface area (Å²) in [6.07, 6.45) is 1.57. The molecule has 0 aliphatic heterocycles. The molecule has 0 aromatic heterocycles. The number of Topliss-reactive ketones (excluding diaryl/α,β-unsaturated/α-hetero) is 1. The van der Waals surface area contributed by atoms with E-state index in [9.17, 15) is 18.0 Å². The summed E-state index contributed by atoms with van der Waals surface area (Å²) < 4.78 is 37.1. The molecule has 0 amide bonds. The minimum absolute atomic E-state index is 0.0644. The van der Waals surface area contributed by atoms with Crippen molar-refractivity contribution in [3.05, 3.63) is 35.9 Å². The van der Waals surface area contributed by atoms with Gasteiger partial charge in [-0.25, -0.2) is 0 Å². The average Bonchev–Trinajstić information content (AvgIpc) is 2.70. The number of thioether (sulfide) groups is 1. The summed E-state index contributed by atoms with van der Waals surface area (Å²) in [5.41, 5.74) is -4.52. The van der Waals surface area contributed by atoms with Crippen LogP contribution in [0.5, 0.6) is 0 Å². The van der Waals surface area contributed by atoms with Gasteiger partial charge in [0.15, 0.2) is 0 Å². The molecule has 1 aromatic carbocycles. The van der Waals surface area contributed by atoms with E-state index in [0.717, 1.165) is 0 Å². The fourth-order valence-electron chi connectivity index (χ4n) is 2.43. The second-order valence-corrected chi connectivity index (χ2v) is 5.50. The van der Waals surface area contributed by atoms with Gasteiger partial charge in [0.2, 0.25) is 0 Å². The molecule has 1 nitrogen and oxygen atoms in total. The minimum Gasteiger partial charge on any atom is -0.299 e. The van der Waals surface area contributed by atoms with Gasteiger partial charge in [0.1, 0.15) is 5.78 Å². The lowest BCUT2D eigenvalue weighted by molar-refractivity contribution is -0.121. The van der Waals surface area contributed by atoms with Gasteiger partial charge in [0.25, 0.3) is 0 Å². The molecule has 0 bridgehead atoms. The van der Waals surface area contributed by atoms with Crippen LogP contribution < -0.4 is 0 Å². The molecular weight excluding hydrogens is 261 g/mol. The summed E-state index contributed by atoms with van der Waals surface area (Å²) >= 11 is -0.0926. The van der Waals surface area contributed by atoms with Gasteiger partial charge < -0.3 is 0 Å². The van der Waals surface area contributed by atoms with Gasteiger partial charge in [-0.1, -0.05) is 30.3 Å². The molecule has 5 heteroatoms. The van der Waals surface area contributed by atoms with Gasteiger partial charge in [-0.3, -0.25) is 4.79 Å². The van der Waals surface area contributed by atoms with Gasteiger partial charge in [-0.2, -0.15) is 13.2 Å². The third kappa shape index (κ3) is 2.71. The normalized spacial score (nSPS) is 24.5. The molecule has 1 saturated carbocycles. The van der Waals surface area contributed by atoms with E-state index in [0.29, 0.717) is 24.8 Å². The molecule has 1 aliphatic carbocycles. The van der Waals surface area contributed by atoms with Crippen LogP contribution in [0.2, 0.25) is 0 Å². The first-order valence-electron chi connectivity index (χ1n) is 5.74. The van der Waals surface area contributed by atoms with Crippen LogP contribution in [0.15, 0.2) is 30.3 Å². The summed E-state index contributed by atoms with van der Waals surface area (Å²) in [6.45, 7) is 0. The highest BCUT2D eigenvalue weighted by Gasteiger charge is 2.46. The maximum Gasteiger partial charge on any atom is 0.441 e. The maximum absolute atomic E-state index is 12.4. The van der Waals surface area contributed by atoms with Crippen molar-refractivity contribution >= 4 is 17.5 Å². The highest BCUT2D eigenvalue weighted by atomic mass is 32.2. The SMILES string of the molecule is O=C1CCCC1(CSC(F)(F)F)c1ccccc1. The lowest BCUT2D eigenvalue weighted by Crippen LogP contribution is -2.34. The fraction of sp³-hybridized carbons (Fsp3) is 0.462. The third-order valence-corrected chi connectivity index (χ3v) is 4.31. The topological polar surface area (TPSA) is 17.1 Å². The Hall–Kier alpha value is -0.970. The molecule has 1 atom stereocenters. The number of hydrogen-bond donors (Lipinski definition) is 0. The predicted octanol–water partition coefficient (Wildman–Crippen LogP) is 3.93. The molecule has 0 saturated heterocycles. The van der Waals surface area contributed by atoms with E-state index >= 15 is 0 Å². The number of hydrogen-bond acceptors (Lipinski definition) is 2. The predicted molar refractivity (Wildman–Crippen MR) is 65.5 cm³/mol. The van der Waals surface area contributed by atoms with Crippen LogP contribution in [-0.4, -0.2) is 17.0 Å². The van der Waals surface area contributed by atoms with Crippen molar-refractivity contribution < 1.29 is 18.0 Å². The fourth-order valence-corrected chi connectivity index (χ4v) is 3.32. The molecule has 1 unspecified atom stereocenters. The van der Waals surface area contributed by atoms with Crippen molar-refractivity contribution in [3.8, 4) is 0 Å². The number of rotatable bonds is 3. The van der Waals surface area contributed by atoms with E-state index < -0.39 is 10.9 Å². The Kier molecular flexibility index (Phi) is 3.71. The molecule has 1 aromatic rings. The van der Waals surface area contributed by atoms with Crippen LogP contribution in [0.25, 0.3) is 0 Å². The Morgan fingerprint density at radius 1 is 1.22 bits per heavy atom. The summed E-state index contributed by atoms with van der Waals surface area (Å²) in [5.74, 6) is -0.273. The Morgan fingerprint density at radius 2 is 1.89 bits per heavy atom. The molecule has 1 fully saturated rings. The van der Waals surface area contributed by atoms with E-state index in [2.05, 4.69) is 0 Å². The van der Waals surface area contributed by atoms with Crippen molar-refractivity contribution in [2.45, 2.75) is 30.2 Å². The number of alkyl halides is 3. The zero-order chi connectivity index (χ0) is 13.2. The van der Waals surface area contributed by atoms with Crippen molar-refractivity contribution in [1.82, 2.24) is 0 Å². The molecule has 2 rings (SSSR count). The summed E-state index contributed by atoms with van der Waals surface area (Å²) in [6, 6.07) is 8.83. The highest BCUT2D eigenvalue weighted by molar-refractivity contribution is 8.00.